The summed E-state index contributed by atoms with van der Waals surface area (Å²) in [6.07, 6.45) is 3.57. The van der Waals surface area contributed by atoms with Crippen LogP contribution in [0.5, 0.6) is 0 Å². The quantitative estimate of drug-likeness (QED) is 0.211. The lowest BCUT2D eigenvalue weighted by Crippen LogP contribution is -2.31. The van der Waals surface area contributed by atoms with E-state index in [1.807, 2.05) is 35.7 Å². The molecule has 0 amide bonds. The summed E-state index contributed by atoms with van der Waals surface area (Å²) in [5, 5.41) is 5.28. The summed E-state index contributed by atoms with van der Waals surface area (Å²) in [5.74, 6) is -0.00267. The van der Waals surface area contributed by atoms with Crippen LogP contribution in [0.2, 0.25) is 0 Å². The lowest BCUT2D eigenvalue weighted by molar-refractivity contribution is 0.628. The molecule has 35 heavy (non-hydrogen) atoms. The highest BCUT2D eigenvalue weighted by Crippen LogP contribution is 2.37. The minimum absolute atomic E-state index is 0.162. The molecule has 0 fully saturated rings. The van der Waals surface area contributed by atoms with E-state index < -0.39 is 5.83 Å². The molecule has 4 aromatic rings. The molecule has 2 heterocycles. The number of aliphatic imine (C=N–C) groups is 1. The van der Waals surface area contributed by atoms with Crippen LogP contribution in [0.4, 0.5) is 14.6 Å². The van der Waals surface area contributed by atoms with Crippen molar-refractivity contribution in [1.82, 2.24) is 9.97 Å². The number of fused-ring (bicyclic) bond motifs is 1. The number of nitrogens with one attached hydrogen (secondary N) is 1. The molecule has 0 saturated carbocycles. The summed E-state index contributed by atoms with van der Waals surface area (Å²) >= 11 is 1.46. The maximum atomic E-state index is 14.5. The molecule has 0 aliphatic heterocycles. The second-order valence-electron chi connectivity index (χ2n) is 8.01. The first-order valence-electron chi connectivity index (χ1n) is 11.0. The Morgan fingerprint density at radius 2 is 1.91 bits per heavy atom. The van der Waals surface area contributed by atoms with Gasteiger partial charge in [-0.15, -0.1) is 11.3 Å². The summed E-state index contributed by atoms with van der Waals surface area (Å²) in [4.78, 5) is 13.0. The molecule has 3 N–H and O–H groups in total. The van der Waals surface area contributed by atoms with Gasteiger partial charge in [-0.05, 0) is 49.4 Å². The fraction of sp³-hybridized carbons (Fsp3) is 0.148. The van der Waals surface area contributed by atoms with Gasteiger partial charge >= 0.3 is 0 Å². The zero-order valence-electron chi connectivity index (χ0n) is 19.2. The second-order valence-corrected chi connectivity index (χ2v) is 8.89. The van der Waals surface area contributed by atoms with Gasteiger partial charge in [-0.2, -0.15) is 0 Å². The minimum Gasteiger partial charge on any atom is -0.367 e. The maximum Gasteiger partial charge on any atom is 0.164 e. The summed E-state index contributed by atoms with van der Waals surface area (Å²) in [6.45, 7) is 5.21. The molecule has 4 rings (SSSR count). The molecule has 5 nitrogen and oxygen atoms in total. The van der Waals surface area contributed by atoms with Gasteiger partial charge in [0.05, 0.1) is 15.8 Å². The van der Waals surface area contributed by atoms with Crippen molar-refractivity contribution in [3.63, 3.8) is 0 Å². The lowest BCUT2D eigenvalue weighted by atomic mass is 10.1. The summed E-state index contributed by atoms with van der Waals surface area (Å²) < 4.78 is 28.8. The highest BCUT2D eigenvalue weighted by Gasteiger charge is 2.18. The van der Waals surface area contributed by atoms with Gasteiger partial charge in [-0.3, -0.25) is 4.99 Å². The molecule has 0 spiro atoms. The summed E-state index contributed by atoms with van der Waals surface area (Å²) in [5.41, 5.74) is 9.99. The molecule has 2 aromatic carbocycles. The molecular weight excluding hydrogens is 464 g/mol. The first kappa shape index (κ1) is 24.4. The number of rotatable bonds is 9. The molecule has 0 aliphatic carbocycles. The van der Waals surface area contributed by atoms with Crippen LogP contribution in [0, 0.1) is 5.82 Å². The molecule has 0 unspecified atom stereocenters. The topological polar surface area (TPSA) is 76.2 Å². The molecule has 0 radical (unpaired) electrons. The van der Waals surface area contributed by atoms with E-state index in [0.717, 1.165) is 21.4 Å². The molecule has 2 aromatic heterocycles. The second kappa shape index (κ2) is 11.1. The number of hydrogen-bond acceptors (Lipinski definition) is 6. The van der Waals surface area contributed by atoms with E-state index in [1.165, 1.54) is 42.7 Å². The van der Waals surface area contributed by atoms with E-state index in [4.69, 9.17) is 5.73 Å². The summed E-state index contributed by atoms with van der Waals surface area (Å²) in [6, 6.07) is 16.0. The third-order valence-corrected chi connectivity index (χ3v) is 6.38. The average molecular weight is 490 g/mol. The van der Waals surface area contributed by atoms with Crippen LogP contribution < -0.4 is 11.1 Å². The number of benzene rings is 2. The van der Waals surface area contributed by atoms with Crippen LogP contribution in [0.25, 0.3) is 26.9 Å². The number of hydrogen-bond donors (Lipinski definition) is 2. The Labute approximate surface area is 206 Å². The zero-order valence-corrected chi connectivity index (χ0v) is 20.0. The molecule has 0 bridgehead atoms. The van der Waals surface area contributed by atoms with Gasteiger partial charge < -0.3 is 11.1 Å². The van der Waals surface area contributed by atoms with Gasteiger partial charge in [0.15, 0.2) is 5.82 Å². The Morgan fingerprint density at radius 3 is 2.60 bits per heavy atom. The van der Waals surface area contributed by atoms with Gasteiger partial charge in [-0.25, -0.2) is 18.7 Å². The minimum atomic E-state index is -0.449. The van der Waals surface area contributed by atoms with Crippen LogP contribution >= 0.6 is 11.3 Å². The Kier molecular flexibility index (Phi) is 7.74. The Morgan fingerprint density at radius 1 is 1.17 bits per heavy atom. The first-order chi connectivity index (χ1) is 17.0. The van der Waals surface area contributed by atoms with Gasteiger partial charge in [0.2, 0.25) is 0 Å². The van der Waals surface area contributed by atoms with Crippen LogP contribution in [0.3, 0.4) is 0 Å². The zero-order chi connectivity index (χ0) is 24.8. The number of aromatic nitrogens is 2. The largest absolute Gasteiger partial charge is 0.367 e. The standard InChI is InChI=1S/C27H25F2N5S/c1-17(28)22(12-13-31-2)26-33-24-23(19-8-10-20(29)11-9-19)16-35-25(24)27(34-26)32-15-21(30)14-18-6-4-3-5-7-18/h3-13,16,21H,2,14-15,30H2,1H3,(H,32,33,34)/b13-12-,22-17-/t21-/m0/s1. The predicted molar refractivity (Wildman–Crippen MR) is 142 cm³/mol. The van der Waals surface area contributed by atoms with Crippen molar-refractivity contribution in [3.05, 3.63) is 95.3 Å². The van der Waals surface area contributed by atoms with Gasteiger partial charge in [-0.1, -0.05) is 42.5 Å². The molecular formula is C27H25F2N5S. The van der Waals surface area contributed by atoms with Crippen LogP contribution in [-0.4, -0.2) is 29.3 Å². The molecule has 1 atom stereocenters. The van der Waals surface area contributed by atoms with Crippen molar-refractivity contribution >= 4 is 39.7 Å². The molecule has 0 aliphatic rings. The van der Waals surface area contributed by atoms with Crippen molar-refractivity contribution in [2.45, 2.75) is 19.4 Å². The average Bonchev–Trinajstić information content (AvgIpc) is 3.28. The number of allylic oxidation sites excluding steroid dienone is 3. The van der Waals surface area contributed by atoms with Gasteiger partial charge in [0, 0.05) is 29.7 Å². The number of anilines is 1. The highest BCUT2D eigenvalue weighted by molar-refractivity contribution is 7.18. The number of nitrogens with zero attached hydrogens (tertiary/aromatic N) is 3. The van der Waals surface area contributed by atoms with Crippen molar-refractivity contribution < 1.29 is 8.78 Å². The number of thiophene rings is 1. The Hall–Kier alpha value is -3.75. The van der Waals surface area contributed by atoms with Crippen molar-refractivity contribution in [1.29, 1.82) is 0 Å². The highest BCUT2D eigenvalue weighted by atomic mass is 32.1. The third kappa shape index (κ3) is 5.85. The van der Waals surface area contributed by atoms with Crippen molar-refractivity contribution in [3.8, 4) is 11.1 Å². The van der Waals surface area contributed by atoms with E-state index in [2.05, 4.69) is 27.0 Å². The van der Waals surface area contributed by atoms with Crippen molar-refractivity contribution in [2.24, 2.45) is 10.7 Å². The first-order valence-corrected chi connectivity index (χ1v) is 11.9. The molecule has 0 saturated heterocycles. The Bertz CT molecular complexity index is 1370. The van der Waals surface area contributed by atoms with Gasteiger partial charge in [0.25, 0.3) is 0 Å². The van der Waals surface area contributed by atoms with E-state index in [9.17, 15) is 8.78 Å². The fourth-order valence-electron chi connectivity index (χ4n) is 3.68. The monoisotopic (exact) mass is 489 g/mol. The SMILES string of the molecule is C=N/C=C\C(=C(/C)F)c1nc(NC[C@@H](N)Cc2ccccc2)c2scc(-c3ccc(F)cc3)c2n1. The van der Waals surface area contributed by atoms with E-state index in [-0.39, 0.29) is 23.3 Å². The number of nitrogens with two attached hydrogens (primary N) is 1. The fourth-order valence-corrected chi connectivity index (χ4v) is 4.66. The summed E-state index contributed by atoms with van der Waals surface area (Å²) in [7, 11) is 0. The van der Waals surface area contributed by atoms with E-state index in [1.54, 1.807) is 12.1 Å². The lowest BCUT2D eigenvalue weighted by Gasteiger charge is -2.15. The van der Waals surface area contributed by atoms with Crippen molar-refractivity contribution in [2.75, 3.05) is 11.9 Å². The predicted octanol–water partition coefficient (Wildman–Crippen LogP) is 6.39. The van der Waals surface area contributed by atoms with E-state index in [0.29, 0.717) is 24.3 Å². The van der Waals surface area contributed by atoms with Crippen LogP contribution in [0.1, 0.15) is 18.3 Å². The van der Waals surface area contributed by atoms with Gasteiger partial charge in [0.1, 0.15) is 17.5 Å². The molecule has 178 valence electrons. The maximum absolute atomic E-state index is 14.5. The van der Waals surface area contributed by atoms with Crippen LogP contribution in [0.15, 0.2) is 83.1 Å². The third-order valence-electron chi connectivity index (χ3n) is 5.40. The number of halogens is 2. The van der Waals surface area contributed by atoms with E-state index >= 15 is 0 Å². The normalized spacial score (nSPS) is 13.1. The molecule has 8 heteroatoms. The smallest absolute Gasteiger partial charge is 0.164 e. The van der Waals surface area contributed by atoms with Crippen LogP contribution in [-0.2, 0) is 6.42 Å². The Balaban J connectivity index is 1.74.